The highest BCUT2D eigenvalue weighted by Crippen LogP contribution is 2.35. The highest BCUT2D eigenvalue weighted by Gasteiger charge is 2.34. The summed E-state index contributed by atoms with van der Waals surface area (Å²) in [6.07, 6.45) is 8.28. The summed E-state index contributed by atoms with van der Waals surface area (Å²) < 4.78 is 36.6. The Morgan fingerprint density at radius 3 is 2.60 bits per heavy atom. The molecule has 11 heteroatoms. The standard InChI is InChI=1S/C24H29F2N7O2/c1-14-2-4-15(5-3-14)33-13-19(21(30-33)22(25)26)28-24(34)18-10-27-32-9-8-20(29-23(18)32)31-11-16-6-7-17(12-31)35-16/h8-10,13-17,22H,2-7,11-12H2,1H3,(H,28,34)/t14?,15?,16-,17+. The third kappa shape index (κ3) is 4.26. The molecule has 0 aromatic carbocycles. The minimum atomic E-state index is -2.79. The van der Waals surface area contributed by atoms with E-state index in [0.717, 1.165) is 57.4 Å². The highest BCUT2D eigenvalue weighted by atomic mass is 19.3. The largest absolute Gasteiger partial charge is 0.371 e. The summed E-state index contributed by atoms with van der Waals surface area (Å²) in [5, 5.41) is 11.0. The quantitative estimate of drug-likeness (QED) is 0.582. The van der Waals surface area contributed by atoms with Crippen LogP contribution in [0.3, 0.4) is 0 Å². The first-order valence-corrected chi connectivity index (χ1v) is 12.4. The summed E-state index contributed by atoms with van der Waals surface area (Å²) in [4.78, 5) is 20.0. The number of anilines is 2. The molecule has 1 amide bonds. The summed E-state index contributed by atoms with van der Waals surface area (Å²) in [5.74, 6) is 0.849. The van der Waals surface area contributed by atoms with Gasteiger partial charge in [0.15, 0.2) is 11.3 Å². The van der Waals surface area contributed by atoms with E-state index in [1.54, 1.807) is 10.9 Å². The maximum atomic E-state index is 13.8. The number of rotatable bonds is 5. The maximum Gasteiger partial charge on any atom is 0.284 e. The Hall–Kier alpha value is -3.08. The Morgan fingerprint density at radius 2 is 1.89 bits per heavy atom. The number of hydrogen-bond donors (Lipinski definition) is 1. The predicted molar refractivity (Wildman–Crippen MR) is 125 cm³/mol. The number of ether oxygens (including phenoxy) is 1. The first-order valence-electron chi connectivity index (χ1n) is 12.4. The van der Waals surface area contributed by atoms with E-state index in [9.17, 15) is 13.6 Å². The molecule has 2 saturated heterocycles. The Bertz CT molecular complexity index is 1220. The molecule has 6 rings (SSSR count). The summed E-state index contributed by atoms with van der Waals surface area (Å²) in [6, 6.07) is 1.94. The van der Waals surface area contributed by atoms with Crippen molar-refractivity contribution in [3.8, 4) is 0 Å². The molecule has 0 unspecified atom stereocenters. The van der Waals surface area contributed by atoms with Gasteiger partial charge in [0.25, 0.3) is 12.3 Å². The monoisotopic (exact) mass is 485 g/mol. The Balaban J connectivity index is 1.25. The zero-order valence-corrected chi connectivity index (χ0v) is 19.6. The topological polar surface area (TPSA) is 89.6 Å². The number of aromatic nitrogens is 5. The number of halogens is 2. The summed E-state index contributed by atoms with van der Waals surface area (Å²) in [7, 11) is 0. The Labute approximate surface area is 201 Å². The third-order valence-corrected chi connectivity index (χ3v) is 7.54. The molecule has 3 aliphatic rings. The van der Waals surface area contributed by atoms with Crippen LogP contribution < -0.4 is 10.2 Å². The van der Waals surface area contributed by atoms with Crippen molar-refractivity contribution in [2.45, 2.75) is 70.1 Å². The van der Waals surface area contributed by atoms with Gasteiger partial charge in [0.2, 0.25) is 0 Å². The smallest absolute Gasteiger partial charge is 0.284 e. The van der Waals surface area contributed by atoms with Gasteiger partial charge in [0.1, 0.15) is 11.4 Å². The second kappa shape index (κ2) is 8.85. The van der Waals surface area contributed by atoms with Crippen LogP contribution in [-0.2, 0) is 4.74 Å². The van der Waals surface area contributed by atoms with E-state index in [4.69, 9.17) is 9.72 Å². The van der Waals surface area contributed by atoms with E-state index >= 15 is 0 Å². The van der Waals surface area contributed by atoms with Crippen LogP contribution in [0.5, 0.6) is 0 Å². The van der Waals surface area contributed by atoms with Gasteiger partial charge in [-0.25, -0.2) is 18.3 Å². The number of hydrogen-bond acceptors (Lipinski definition) is 6. The summed E-state index contributed by atoms with van der Waals surface area (Å²) in [6.45, 7) is 3.72. The van der Waals surface area contributed by atoms with Crippen molar-refractivity contribution >= 4 is 23.1 Å². The van der Waals surface area contributed by atoms with Gasteiger partial charge in [-0.15, -0.1) is 0 Å². The van der Waals surface area contributed by atoms with E-state index in [2.05, 4.69) is 27.3 Å². The number of carbonyl (C=O) groups excluding carboxylic acids is 1. The lowest BCUT2D eigenvalue weighted by atomic mass is 9.87. The lowest BCUT2D eigenvalue weighted by Crippen LogP contribution is -2.43. The molecule has 3 aromatic heterocycles. The van der Waals surface area contributed by atoms with Crippen LogP contribution in [0.2, 0.25) is 0 Å². The van der Waals surface area contributed by atoms with E-state index in [0.29, 0.717) is 11.6 Å². The third-order valence-electron chi connectivity index (χ3n) is 7.54. The van der Waals surface area contributed by atoms with Crippen molar-refractivity contribution in [1.82, 2.24) is 24.4 Å². The van der Waals surface area contributed by atoms with Gasteiger partial charge in [0, 0.05) is 25.5 Å². The molecule has 1 N–H and O–H groups in total. The number of alkyl halides is 2. The second-order valence-electron chi connectivity index (χ2n) is 10.1. The Morgan fingerprint density at radius 1 is 1.14 bits per heavy atom. The molecule has 35 heavy (non-hydrogen) atoms. The zero-order valence-electron chi connectivity index (χ0n) is 19.6. The van der Waals surface area contributed by atoms with Gasteiger partial charge < -0.3 is 15.0 Å². The van der Waals surface area contributed by atoms with E-state index in [-0.39, 0.29) is 29.5 Å². The molecule has 1 saturated carbocycles. The molecule has 2 atom stereocenters. The van der Waals surface area contributed by atoms with Crippen LogP contribution in [0.15, 0.2) is 24.7 Å². The highest BCUT2D eigenvalue weighted by molar-refractivity contribution is 6.08. The number of nitrogens with one attached hydrogen (secondary N) is 1. The predicted octanol–water partition coefficient (Wildman–Crippen LogP) is 4.23. The van der Waals surface area contributed by atoms with E-state index in [1.165, 1.54) is 16.9 Å². The van der Waals surface area contributed by atoms with Crippen molar-refractivity contribution in [1.29, 1.82) is 0 Å². The average molecular weight is 486 g/mol. The van der Waals surface area contributed by atoms with Crippen LogP contribution >= 0.6 is 0 Å². The first kappa shape index (κ1) is 22.4. The molecule has 3 fully saturated rings. The van der Waals surface area contributed by atoms with Crippen molar-refractivity contribution in [3.05, 3.63) is 35.9 Å². The summed E-state index contributed by atoms with van der Waals surface area (Å²) in [5.41, 5.74) is 0.225. The fourth-order valence-electron chi connectivity index (χ4n) is 5.54. The van der Waals surface area contributed by atoms with Crippen molar-refractivity contribution < 1.29 is 18.3 Å². The van der Waals surface area contributed by atoms with Crippen molar-refractivity contribution in [2.24, 2.45) is 5.92 Å². The molecule has 0 radical (unpaired) electrons. The number of morpholine rings is 1. The van der Waals surface area contributed by atoms with Crippen LogP contribution in [0, 0.1) is 5.92 Å². The molecule has 2 bridgehead atoms. The van der Waals surface area contributed by atoms with Crippen LogP contribution in [-0.4, -0.2) is 55.6 Å². The van der Waals surface area contributed by atoms with Gasteiger partial charge in [-0.3, -0.25) is 9.48 Å². The lowest BCUT2D eigenvalue weighted by molar-refractivity contribution is 0.0302. The van der Waals surface area contributed by atoms with Crippen LogP contribution in [0.4, 0.5) is 20.3 Å². The van der Waals surface area contributed by atoms with Gasteiger partial charge >= 0.3 is 0 Å². The molecular weight excluding hydrogens is 456 g/mol. The van der Waals surface area contributed by atoms with Crippen LogP contribution in [0.25, 0.3) is 5.65 Å². The average Bonchev–Trinajstić information content (AvgIpc) is 3.55. The van der Waals surface area contributed by atoms with Gasteiger partial charge in [0.05, 0.1) is 30.1 Å². The number of nitrogens with zero attached hydrogens (tertiary/aromatic N) is 6. The zero-order chi connectivity index (χ0) is 24.1. The first-order chi connectivity index (χ1) is 16.9. The SMILES string of the molecule is CC1CCC(n2cc(NC(=O)c3cnn4ccc(N5C[C@H]6CC[C@@H](C5)O6)nc34)c(C(F)F)n2)CC1. The second-order valence-corrected chi connectivity index (χ2v) is 10.1. The molecule has 3 aromatic rings. The molecule has 2 aliphatic heterocycles. The fraction of sp³-hybridized carbons (Fsp3) is 0.583. The van der Waals surface area contributed by atoms with Gasteiger partial charge in [-0.05, 0) is 50.5 Å². The van der Waals surface area contributed by atoms with Crippen molar-refractivity contribution in [3.63, 3.8) is 0 Å². The van der Waals surface area contributed by atoms with E-state index < -0.39 is 18.0 Å². The van der Waals surface area contributed by atoms with E-state index in [1.807, 2.05) is 6.07 Å². The van der Waals surface area contributed by atoms with Crippen LogP contribution in [0.1, 0.15) is 74.0 Å². The lowest BCUT2D eigenvalue weighted by Gasteiger charge is -2.32. The number of carbonyl (C=O) groups is 1. The molecule has 1 aliphatic carbocycles. The molecule has 5 heterocycles. The van der Waals surface area contributed by atoms with Gasteiger partial charge in [-0.1, -0.05) is 6.92 Å². The van der Waals surface area contributed by atoms with Crippen molar-refractivity contribution in [2.75, 3.05) is 23.3 Å². The minimum Gasteiger partial charge on any atom is -0.371 e. The maximum absolute atomic E-state index is 13.8. The Kier molecular flexibility index (Phi) is 5.66. The fourth-order valence-corrected chi connectivity index (χ4v) is 5.54. The number of fused-ring (bicyclic) bond motifs is 3. The minimum absolute atomic E-state index is 0.0314. The molecule has 0 spiro atoms. The molecular formula is C24H29F2N7O2. The normalized spacial score (nSPS) is 26.6. The molecule has 9 nitrogen and oxygen atoms in total. The number of amides is 1. The summed E-state index contributed by atoms with van der Waals surface area (Å²) >= 11 is 0. The van der Waals surface area contributed by atoms with Gasteiger partial charge in [-0.2, -0.15) is 10.2 Å². The molecule has 186 valence electrons.